The standard InChI is InChI=1S/C28H24N3O6S/c1-4-36-27(33)24-17(3)29-28-30(25(24)18-8-6-5-7-9-18)26(32)23(38-28)15-20-12-13-22(37-20)19-11-10-16(2)21(14-19)31(34)35/h5-15,25H,4H2,1-3H3,(H,34,35)/q+1/b23-15-. The number of ether oxygens (including phenoxy) is 1. The number of esters is 1. The molecule has 0 amide bonds. The van der Waals surface area contributed by atoms with Crippen molar-refractivity contribution in [3.05, 3.63) is 113 Å². The minimum Gasteiger partial charge on any atom is -0.463 e. The highest BCUT2D eigenvalue weighted by Crippen LogP contribution is 2.31. The van der Waals surface area contributed by atoms with E-state index in [9.17, 15) is 19.7 Å². The summed E-state index contributed by atoms with van der Waals surface area (Å²) in [5.41, 5.74) is 2.60. The first kappa shape index (κ1) is 25.1. The third kappa shape index (κ3) is 4.50. The zero-order valence-corrected chi connectivity index (χ0v) is 21.7. The number of hydrogen-bond acceptors (Lipinski definition) is 7. The third-order valence-corrected chi connectivity index (χ3v) is 7.22. The summed E-state index contributed by atoms with van der Waals surface area (Å²) in [5.74, 6) is 0.382. The van der Waals surface area contributed by atoms with Gasteiger partial charge in [-0.15, -0.1) is 0 Å². The van der Waals surface area contributed by atoms with Crippen molar-refractivity contribution in [2.75, 3.05) is 6.61 Å². The van der Waals surface area contributed by atoms with E-state index < -0.39 is 12.0 Å². The van der Waals surface area contributed by atoms with Crippen molar-refractivity contribution in [1.29, 1.82) is 0 Å². The number of hydrogen-bond donors (Lipinski definition) is 1. The molecule has 10 heteroatoms. The number of thiazole rings is 1. The molecule has 0 aliphatic carbocycles. The lowest BCUT2D eigenvalue weighted by molar-refractivity contribution is -0.730. The molecule has 4 aromatic rings. The fourth-order valence-electron chi connectivity index (χ4n) is 4.43. The summed E-state index contributed by atoms with van der Waals surface area (Å²) in [5, 5.41) is 9.36. The van der Waals surface area contributed by atoms with Gasteiger partial charge in [-0.2, -0.15) is 0 Å². The van der Waals surface area contributed by atoms with Gasteiger partial charge in [0.05, 0.1) is 33.4 Å². The molecule has 0 radical (unpaired) electrons. The Morgan fingerprint density at radius 2 is 1.95 bits per heavy atom. The summed E-state index contributed by atoms with van der Waals surface area (Å²) < 4.78 is 13.2. The number of allylic oxidation sites excluding steroid dienone is 1. The maximum atomic E-state index is 13.7. The average Bonchev–Trinajstić information content (AvgIpc) is 3.48. The molecule has 3 heterocycles. The van der Waals surface area contributed by atoms with Crippen LogP contribution in [0.1, 0.15) is 36.8 Å². The van der Waals surface area contributed by atoms with Crippen LogP contribution in [0.15, 0.2) is 86.1 Å². The van der Waals surface area contributed by atoms with Crippen molar-refractivity contribution >= 4 is 29.1 Å². The van der Waals surface area contributed by atoms with Crippen molar-refractivity contribution in [1.82, 2.24) is 4.57 Å². The predicted octanol–water partition coefficient (Wildman–Crippen LogP) is 4.17. The van der Waals surface area contributed by atoms with Crippen LogP contribution in [0, 0.1) is 11.8 Å². The topological polar surface area (TPSA) is 114 Å². The number of fused-ring (bicyclic) bond motifs is 1. The van der Waals surface area contributed by atoms with E-state index in [4.69, 9.17) is 9.15 Å². The van der Waals surface area contributed by atoms with E-state index in [1.165, 1.54) is 22.0 Å². The Hall–Kier alpha value is -4.57. The minimum atomic E-state index is -0.680. The van der Waals surface area contributed by atoms with Crippen LogP contribution in [0.2, 0.25) is 0 Å². The lowest BCUT2D eigenvalue weighted by atomic mass is 9.96. The zero-order valence-electron chi connectivity index (χ0n) is 20.9. The van der Waals surface area contributed by atoms with Crippen LogP contribution in [-0.2, 0) is 9.53 Å². The van der Waals surface area contributed by atoms with Gasteiger partial charge in [0.15, 0.2) is 4.80 Å². The van der Waals surface area contributed by atoms with Crippen LogP contribution in [0.5, 0.6) is 0 Å². The fourth-order valence-corrected chi connectivity index (χ4v) is 5.45. The molecule has 0 saturated carbocycles. The Kier molecular flexibility index (Phi) is 6.64. The summed E-state index contributed by atoms with van der Waals surface area (Å²) in [6, 6.07) is 17.1. The van der Waals surface area contributed by atoms with Crippen LogP contribution < -0.4 is 14.9 Å². The van der Waals surface area contributed by atoms with Gasteiger partial charge in [-0.1, -0.05) is 53.8 Å². The molecule has 0 saturated heterocycles. The molecule has 1 aliphatic heterocycles. The Morgan fingerprint density at radius 3 is 2.66 bits per heavy atom. The molecule has 38 heavy (non-hydrogen) atoms. The predicted molar refractivity (Wildman–Crippen MR) is 141 cm³/mol. The van der Waals surface area contributed by atoms with Crippen LogP contribution >= 0.6 is 11.3 Å². The van der Waals surface area contributed by atoms with Crippen molar-refractivity contribution in [3.63, 3.8) is 0 Å². The maximum absolute atomic E-state index is 13.7. The number of carbonyl (C=O) groups is 1. The van der Waals surface area contributed by atoms with Crippen LogP contribution in [0.4, 0.5) is 5.69 Å². The molecule has 9 nitrogen and oxygen atoms in total. The molecular formula is C28H24N3O6S+. The number of nitrogens with zero attached hydrogens (tertiary/aromatic N) is 3. The van der Waals surface area contributed by atoms with Gasteiger partial charge in [-0.3, -0.25) is 9.36 Å². The summed E-state index contributed by atoms with van der Waals surface area (Å²) >= 11 is 1.20. The molecule has 5 rings (SSSR count). The average molecular weight is 531 g/mol. The van der Waals surface area contributed by atoms with Gasteiger partial charge in [0.25, 0.3) is 10.5 Å². The molecule has 192 valence electrons. The minimum absolute atomic E-state index is 0.113. The monoisotopic (exact) mass is 530 g/mol. The van der Waals surface area contributed by atoms with Gasteiger partial charge in [-0.25, -0.2) is 15.0 Å². The first-order valence-corrected chi connectivity index (χ1v) is 12.7. The highest BCUT2D eigenvalue weighted by atomic mass is 32.1. The number of aryl methyl sites for hydroxylation is 1. The van der Waals surface area contributed by atoms with Gasteiger partial charge in [0, 0.05) is 23.3 Å². The summed E-state index contributed by atoms with van der Waals surface area (Å²) in [6.45, 7) is 5.39. The second-order valence-corrected chi connectivity index (χ2v) is 9.70. The van der Waals surface area contributed by atoms with Crippen molar-refractivity contribution in [2.45, 2.75) is 26.8 Å². The third-order valence-electron chi connectivity index (χ3n) is 6.23. The molecule has 1 aliphatic rings. The number of rotatable bonds is 6. The summed E-state index contributed by atoms with van der Waals surface area (Å²) in [7, 11) is 0. The molecule has 1 N–H and O–H groups in total. The largest absolute Gasteiger partial charge is 0.463 e. The molecule has 2 aromatic heterocycles. The molecule has 0 spiro atoms. The molecule has 1 unspecified atom stereocenters. The normalized spacial score (nSPS) is 15.2. The highest BCUT2D eigenvalue weighted by molar-refractivity contribution is 7.07. The second-order valence-electron chi connectivity index (χ2n) is 8.69. The van der Waals surface area contributed by atoms with Crippen molar-refractivity contribution in [2.24, 2.45) is 4.99 Å². The van der Waals surface area contributed by atoms with Crippen LogP contribution in [0.3, 0.4) is 0 Å². The van der Waals surface area contributed by atoms with Gasteiger partial charge in [-0.05, 0) is 38.5 Å². The van der Waals surface area contributed by atoms with Gasteiger partial charge in [0.2, 0.25) is 0 Å². The molecule has 0 fully saturated rings. The fraction of sp³-hybridized carbons (Fsp3) is 0.179. The van der Waals surface area contributed by atoms with Crippen LogP contribution in [-0.4, -0.2) is 27.3 Å². The van der Waals surface area contributed by atoms with E-state index in [0.29, 0.717) is 43.3 Å². The number of carbonyl (C=O) groups excluding carboxylic acids is 1. The summed E-state index contributed by atoms with van der Waals surface area (Å²) in [4.78, 5) is 42.9. The Morgan fingerprint density at radius 1 is 1.18 bits per heavy atom. The number of benzene rings is 2. The van der Waals surface area contributed by atoms with Crippen molar-refractivity contribution < 1.29 is 24.1 Å². The maximum Gasteiger partial charge on any atom is 0.338 e. The smallest absolute Gasteiger partial charge is 0.338 e. The lowest BCUT2D eigenvalue weighted by Gasteiger charge is -2.24. The molecular weight excluding hydrogens is 506 g/mol. The van der Waals surface area contributed by atoms with Crippen molar-refractivity contribution in [3.8, 4) is 11.3 Å². The van der Waals surface area contributed by atoms with E-state index in [2.05, 4.69) is 4.99 Å². The lowest BCUT2D eigenvalue weighted by Crippen LogP contribution is -2.39. The number of furan rings is 1. The SMILES string of the molecule is CCOC(=O)C1=C(C)N=c2s/c(=C\c3ccc(-c4ccc(C)c([N+](=O)O)c4)o3)c(=O)n2C1c1ccccc1. The first-order valence-electron chi connectivity index (χ1n) is 11.9. The molecule has 2 aromatic carbocycles. The van der Waals surface area contributed by atoms with E-state index in [-0.39, 0.29) is 22.8 Å². The zero-order chi connectivity index (χ0) is 27.0. The van der Waals surface area contributed by atoms with Gasteiger partial charge >= 0.3 is 11.7 Å². The second kappa shape index (κ2) is 10.1. The van der Waals surface area contributed by atoms with E-state index in [1.807, 2.05) is 30.3 Å². The van der Waals surface area contributed by atoms with Gasteiger partial charge in [0.1, 0.15) is 11.5 Å². The Balaban J connectivity index is 1.61. The van der Waals surface area contributed by atoms with Crippen LogP contribution in [0.25, 0.3) is 17.4 Å². The molecule has 0 bridgehead atoms. The Labute approximate surface area is 220 Å². The highest BCUT2D eigenvalue weighted by Gasteiger charge is 2.33. The van der Waals surface area contributed by atoms with E-state index in [0.717, 1.165) is 5.56 Å². The van der Waals surface area contributed by atoms with E-state index in [1.54, 1.807) is 51.1 Å². The van der Waals surface area contributed by atoms with Gasteiger partial charge < -0.3 is 9.15 Å². The summed E-state index contributed by atoms with van der Waals surface area (Å²) in [6.07, 6.45) is 1.62. The first-order chi connectivity index (χ1) is 18.3. The molecule has 1 atom stereocenters. The van der Waals surface area contributed by atoms with E-state index >= 15 is 0 Å². The number of aromatic nitrogens is 1. The Bertz CT molecular complexity index is 1780. The quantitative estimate of drug-likeness (QED) is 0.296.